The van der Waals surface area contributed by atoms with Gasteiger partial charge in [0.25, 0.3) is 5.82 Å². The van der Waals surface area contributed by atoms with Crippen molar-refractivity contribution < 1.29 is 39.6 Å². The first-order chi connectivity index (χ1) is 16.4. The predicted octanol–water partition coefficient (Wildman–Crippen LogP) is 3.55. The van der Waals surface area contributed by atoms with Gasteiger partial charge in [0.1, 0.15) is 6.10 Å². The van der Waals surface area contributed by atoms with Gasteiger partial charge < -0.3 is 9.26 Å². The topological polar surface area (TPSA) is 88.8 Å². The zero-order chi connectivity index (χ0) is 25.4. The van der Waals surface area contributed by atoms with Gasteiger partial charge in [0, 0.05) is 26.2 Å². The van der Waals surface area contributed by atoms with Gasteiger partial charge >= 0.3 is 6.18 Å². The molecule has 14 heteroatoms. The molecule has 0 aliphatic carbocycles. The number of aromatic nitrogens is 2. The quantitative estimate of drug-likeness (QED) is 0.534. The number of ether oxygens (including phenoxy) is 1. The Kier molecular flexibility index (Phi) is 7.34. The van der Waals surface area contributed by atoms with Crippen molar-refractivity contribution in [3.05, 3.63) is 41.0 Å². The Morgan fingerprint density at radius 1 is 1.06 bits per heavy atom. The van der Waals surface area contributed by atoms with E-state index in [9.17, 15) is 30.4 Å². The molecular formula is C21H25F5N4O4S. The number of benzene rings is 1. The molecule has 0 spiro atoms. The lowest BCUT2D eigenvalue weighted by Crippen LogP contribution is -2.38. The van der Waals surface area contributed by atoms with Crippen LogP contribution in [0.15, 0.2) is 16.7 Å². The number of alkyl halides is 3. The third kappa shape index (κ3) is 6.28. The number of nitrogens with zero attached hydrogens (tertiary/aromatic N) is 4. The molecule has 0 N–H and O–H groups in total. The van der Waals surface area contributed by atoms with E-state index in [-0.39, 0.29) is 18.4 Å². The van der Waals surface area contributed by atoms with Gasteiger partial charge in [0.05, 0.1) is 12.8 Å². The van der Waals surface area contributed by atoms with Crippen LogP contribution in [0.4, 0.5) is 22.0 Å². The van der Waals surface area contributed by atoms with Crippen molar-refractivity contribution in [1.82, 2.24) is 19.3 Å². The summed E-state index contributed by atoms with van der Waals surface area (Å²) in [5, 5.41) is 2.92. The van der Waals surface area contributed by atoms with Crippen molar-refractivity contribution in [3.63, 3.8) is 0 Å². The minimum Gasteiger partial charge on any atom is -0.484 e. The number of piperidine rings is 2. The Hall–Kier alpha value is -2.32. The summed E-state index contributed by atoms with van der Waals surface area (Å²) in [6.07, 6.45) is -2.26. The molecule has 3 heterocycles. The van der Waals surface area contributed by atoms with Crippen LogP contribution in [0.1, 0.15) is 48.9 Å². The van der Waals surface area contributed by atoms with Crippen LogP contribution in [0.5, 0.6) is 5.75 Å². The lowest BCUT2D eigenvalue weighted by molar-refractivity contribution is -0.146. The van der Waals surface area contributed by atoms with Crippen LogP contribution in [0.2, 0.25) is 0 Å². The molecular weight excluding hydrogens is 499 g/mol. The standard InChI is InChI=1S/C21H25F5N4O4S/c1-35(31,32)30-8-2-13(3-9-30)14-10-16(22)19(17(23)11-14)33-15-4-6-29(7-5-15)12-18-27-20(28-34-18)21(24,25)26/h10-11,13,15H,2-9,12H2,1H3. The number of likely N-dealkylation sites (tertiary alicyclic amines) is 1. The smallest absolute Gasteiger partial charge is 0.455 e. The zero-order valence-corrected chi connectivity index (χ0v) is 19.7. The Morgan fingerprint density at radius 3 is 2.17 bits per heavy atom. The average Bonchev–Trinajstić information content (AvgIpc) is 3.26. The minimum atomic E-state index is -4.68. The van der Waals surface area contributed by atoms with Gasteiger partial charge in [0.2, 0.25) is 15.9 Å². The van der Waals surface area contributed by atoms with Gasteiger partial charge in [0.15, 0.2) is 17.4 Å². The van der Waals surface area contributed by atoms with Crippen LogP contribution in [-0.4, -0.2) is 66.3 Å². The highest BCUT2D eigenvalue weighted by atomic mass is 32.2. The third-order valence-electron chi connectivity index (χ3n) is 6.31. The van der Waals surface area contributed by atoms with E-state index in [0.717, 1.165) is 6.26 Å². The average molecular weight is 525 g/mol. The normalized spacial score (nSPS) is 19.8. The van der Waals surface area contributed by atoms with Gasteiger partial charge in [-0.05, 0) is 49.3 Å². The van der Waals surface area contributed by atoms with Crippen molar-refractivity contribution in [1.29, 1.82) is 0 Å². The molecule has 0 unspecified atom stereocenters. The van der Waals surface area contributed by atoms with Crippen molar-refractivity contribution in [2.45, 2.75) is 50.4 Å². The number of hydrogen-bond acceptors (Lipinski definition) is 7. The number of halogens is 5. The maximum atomic E-state index is 14.7. The second-order valence-electron chi connectivity index (χ2n) is 8.85. The lowest BCUT2D eigenvalue weighted by atomic mass is 9.90. The van der Waals surface area contributed by atoms with E-state index in [1.54, 1.807) is 4.90 Å². The Balaban J connectivity index is 1.31. The molecule has 35 heavy (non-hydrogen) atoms. The SMILES string of the molecule is CS(=O)(=O)N1CCC(c2cc(F)c(OC3CCN(Cc4nc(C(F)(F)F)no4)CC3)c(F)c2)CC1. The molecule has 1 aromatic carbocycles. The molecule has 2 aromatic rings. The molecule has 2 fully saturated rings. The third-order valence-corrected chi connectivity index (χ3v) is 7.62. The molecule has 2 aliphatic rings. The van der Waals surface area contributed by atoms with E-state index >= 15 is 0 Å². The molecule has 8 nitrogen and oxygen atoms in total. The molecule has 0 saturated carbocycles. The van der Waals surface area contributed by atoms with E-state index in [2.05, 4.69) is 14.7 Å². The minimum absolute atomic E-state index is 0.0331. The highest BCUT2D eigenvalue weighted by molar-refractivity contribution is 7.88. The Labute approximate surface area is 199 Å². The molecule has 1 aromatic heterocycles. The second kappa shape index (κ2) is 9.97. The van der Waals surface area contributed by atoms with E-state index in [0.29, 0.717) is 57.4 Å². The van der Waals surface area contributed by atoms with Gasteiger partial charge in [-0.25, -0.2) is 21.5 Å². The van der Waals surface area contributed by atoms with Crippen LogP contribution >= 0.6 is 0 Å². The largest absolute Gasteiger partial charge is 0.484 e. The van der Waals surface area contributed by atoms with Crippen LogP contribution in [0.3, 0.4) is 0 Å². The van der Waals surface area contributed by atoms with E-state index in [1.165, 1.54) is 16.4 Å². The summed E-state index contributed by atoms with van der Waals surface area (Å²) in [5.74, 6) is -3.76. The van der Waals surface area contributed by atoms with E-state index < -0.39 is 45.5 Å². The second-order valence-corrected chi connectivity index (χ2v) is 10.8. The molecule has 2 saturated heterocycles. The predicted molar refractivity (Wildman–Crippen MR) is 113 cm³/mol. The highest BCUT2D eigenvalue weighted by Crippen LogP contribution is 2.34. The lowest BCUT2D eigenvalue weighted by Gasteiger charge is -2.32. The number of hydrogen-bond donors (Lipinski definition) is 0. The fourth-order valence-corrected chi connectivity index (χ4v) is 5.30. The molecule has 194 valence electrons. The molecule has 0 amide bonds. The Bertz CT molecular complexity index is 1120. The van der Waals surface area contributed by atoms with Gasteiger partial charge in [-0.15, -0.1) is 0 Å². The summed E-state index contributed by atoms with van der Waals surface area (Å²) < 4.78 is 102. The Morgan fingerprint density at radius 2 is 1.66 bits per heavy atom. The van der Waals surface area contributed by atoms with Crippen molar-refractivity contribution >= 4 is 10.0 Å². The summed E-state index contributed by atoms with van der Waals surface area (Å²) in [6, 6.07) is 2.48. The van der Waals surface area contributed by atoms with Crippen LogP contribution < -0.4 is 4.74 Å². The van der Waals surface area contributed by atoms with Crippen molar-refractivity contribution in [2.24, 2.45) is 0 Å². The van der Waals surface area contributed by atoms with Crippen molar-refractivity contribution in [2.75, 3.05) is 32.4 Å². The number of rotatable bonds is 6. The summed E-state index contributed by atoms with van der Waals surface area (Å²) >= 11 is 0. The fourth-order valence-electron chi connectivity index (χ4n) is 4.43. The summed E-state index contributed by atoms with van der Waals surface area (Å²) in [4.78, 5) is 5.14. The van der Waals surface area contributed by atoms with E-state index in [1.807, 2.05) is 0 Å². The van der Waals surface area contributed by atoms with Crippen LogP contribution in [-0.2, 0) is 22.7 Å². The zero-order valence-electron chi connectivity index (χ0n) is 18.9. The van der Waals surface area contributed by atoms with Gasteiger partial charge in [-0.3, -0.25) is 4.90 Å². The van der Waals surface area contributed by atoms with Crippen LogP contribution in [0, 0.1) is 11.6 Å². The maximum Gasteiger partial charge on any atom is 0.455 e. The molecule has 0 bridgehead atoms. The first kappa shape index (κ1) is 25.8. The highest BCUT2D eigenvalue weighted by Gasteiger charge is 2.37. The maximum absolute atomic E-state index is 14.7. The molecule has 4 rings (SSSR count). The van der Waals surface area contributed by atoms with Gasteiger partial charge in [-0.1, -0.05) is 5.16 Å². The van der Waals surface area contributed by atoms with E-state index in [4.69, 9.17) is 4.74 Å². The van der Waals surface area contributed by atoms with Gasteiger partial charge in [-0.2, -0.15) is 18.2 Å². The molecule has 2 aliphatic heterocycles. The monoisotopic (exact) mass is 524 g/mol. The van der Waals surface area contributed by atoms with Crippen LogP contribution in [0.25, 0.3) is 0 Å². The molecule has 0 atom stereocenters. The first-order valence-corrected chi connectivity index (χ1v) is 13.0. The molecule has 0 radical (unpaired) electrons. The van der Waals surface area contributed by atoms with Crippen molar-refractivity contribution in [3.8, 4) is 5.75 Å². The number of sulfonamides is 1. The fraction of sp³-hybridized carbons (Fsp3) is 0.619. The summed E-state index contributed by atoms with van der Waals surface area (Å²) in [5.41, 5.74) is 0.466. The first-order valence-electron chi connectivity index (χ1n) is 11.1. The summed E-state index contributed by atoms with van der Waals surface area (Å²) in [6.45, 7) is 1.45. The summed E-state index contributed by atoms with van der Waals surface area (Å²) in [7, 11) is -3.29.